The van der Waals surface area contributed by atoms with Crippen molar-refractivity contribution in [2.75, 3.05) is 33.9 Å². The molecule has 1 atom stereocenters. The van der Waals surface area contributed by atoms with E-state index in [-0.39, 0.29) is 23.3 Å². The highest BCUT2D eigenvalue weighted by atomic mass is 32.2. The summed E-state index contributed by atoms with van der Waals surface area (Å²) in [4.78, 5) is 12.7. The molecule has 1 amide bonds. The molecule has 1 N–H and O–H groups in total. The van der Waals surface area contributed by atoms with Gasteiger partial charge in [-0.05, 0) is 37.0 Å². The zero-order valence-corrected chi connectivity index (χ0v) is 18.2. The van der Waals surface area contributed by atoms with Crippen LogP contribution in [0.25, 0.3) is 0 Å². The third kappa shape index (κ3) is 5.12. The van der Waals surface area contributed by atoms with E-state index in [1.54, 1.807) is 6.07 Å². The number of piperidine rings is 1. The normalized spacial score (nSPS) is 17.3. The molecule has 0 unspecified atom stereocenters. The number of sulfonamides is 1. The van der Waals surface area contributed by atoms with Crippen molar-refractivity contribution in [3.8, 4) is 11.5 Å². The van der Waals surface area contributed by atoms with Gasteiger partial charge in [-0.25, -0.2) is 8.42 Å². The summed E-state index contributed by atoms with van der Waals surface area (Å²) in [5.41, 5.74) is 1.15. The molecular formula is C22H28N2O5S. The van der Waals surface area contributed by atoms with Gasteiger partial charge in [0.25, 0.3) is 0 Å². The zero-order chi connectivity index (χ0) is 21.6. The second-order valence-corrected chi connectivity index (χ2v) is 9.18. The number of hydrogen-bond acceptors (Lipinski definition) is 5. The minimum atomic E-state index is -3.73. The van der Waals surface area contributed by atoms with E-state index in [0.29, 0.717) is 37.4 Å². The number of benzene rings is 2. The highest BCUT2D eigenvalue weighted by molar-refractivity contribution is 7.89. The van der Waals surface area contributed by atoms with E-state index < -0.39 is 10.0 Å². The SMILES string of the molecule is COc1ccc(S(=O)(=O)N2CCC[C@H](C(=O)NCCc3ccccc3)C2)cc1OC. The number of carbonyl (C=O) groups excluding carboxylic acids is 1. The van der Waals surface area contributed by atoms with E-state index in [4.69, 9.17) is 9.47 Å². The van der Waals surface area contributed by atoms with Gasteiger partial charge in [0.1, 0.15) is 0 Å². The molecule has 3 rings (SSSR count). The molecule has 7 nitrogen and oxygen atoms in total. The quantitative estimate of drug-likeness (QED) is 0.693. The van der Waals surface area contributed by atoms with Crippen LogP contribution in [0.1, 0.15) is 18.4 Å². The van der Waals surface area contributed by atoms with Crippen LogP contribution in [0.3, 0.4) is 0 Å². The van der Waals surface area contributed by atoms with Gasteiger partial charge >= 0.3 is 0 Å². The molecule has 0 saturated carbocycles. The van der Waals surface area contributed by atoms with Gasteiger partial charge in [0.05, 0.1) is 25.0 Å². The lowest BCUT2D eigenvalue weighted by atomic mass is 9.99. The third-order valence-electron chi connectivity index (χ3n) is 5.30. The lowest BCUT2D eigenvalue weighted by Crippen LogP contribution is -2.45. The summed E-state index contributed by atoms with van der Waals surface area (Å²) in [7, 11) is -0.771. The van der Waals surface area contributed by atoms with Crippen molar-refractivity contribution in [2.24, 2.45) is 5.92 Å². The van der Waals surface area contributed by atoms with Crippen LogP contribution in [0.4, 0.5) is 0 Å². The first-order valence-corrected chi connectivity index (χ1v) is 11.4. The van der Waals surface area contributed by atoms with Gasteiger partial charge in [0.15, 0.2) is 11.5 Å². The fourth-order valence-corrected chi connectivity index (χ4v) is 5.16. The van der Waals surface area contributed by atoms with Crippen LogP contribution in [0.5, 0.6) is 11.5 Å². The van der Waals surface area contributed by atoms with Gasteiger partial charge in [0.2, 0.25) is 15.9 Å². The van der Waals surface area contributed by atoms with Crippen LogP contribution in [0.2, 0.25) is 0 Å². The second kappa shape index (κ2) is 9.95. The summed E-state index contributed by atoms with van der Waals surface area (Å²) in [6.07, 6.45) is 2.06. The average Bonchev–Trinajstić information content (AvgIpc) is 2.79. The van der Waals surface area contributed by atoms with E-state index in [1.807, 2.05) is 30.3 Å². The van der Waals surface area contributed by atoms with Crippen molar-refractivity contribution in [1.29, 1.82) is 0 Å². The van der Waals surface area contributed by atoms with Crippen LogP contribution in [0, 0.1) is 5.92 Å². The molecule has 0 aromatic heterocycles. The van der Waals surface area contributed by atoms with Crippen molar-refractivity contribution in [3.05, 3.63) is 54.1 Å². The van der Waals surface area contributed by atoms with E-state index in [2.05, 4.69) is 5.32 Å². The Kier molecular flexibility index (Phi) is 7.33. The molecule has 1 fully saturated rings. The largest absolute Gasteiger partial charge is 0.493 e. The molecule has 8 heteroatoms. The Labute approximate surface area is 178 Å². The summed E-state index contributed by atoms with van der Waals surface area (Å²) in [6.45, 7) is 1.10. The van der Waals surface area contributed by atoms with Gasteiger partial charge in [-0.15, -0.1) is 0 Å². The highest BCUT2D eigenvalue weighted by Crippen LogP contribution is 2.32. The van der Waals surface area contributed by atoms with E-state index >= 15 is 0 Å². The number of ether oxygens (including phenoxy) is 2. The van der Waals surface area contributed by atoms with E-state index in [9.17, 15) is 13.2 Å². The molecule has 0 bridgehead atoms. The van der Waals surface area contributed by atoms with Crippen molar-refractivity contribution < 1.29 is 22.7 Å². The summed E-state index contributed by atoms with van der Waals surface area (Å²) in [5, 5.41) is 2.95. The molecule has 1 saturated heterocycles. The smallest absolute Gasteiger partial charge is 0.243 e. The maximum Gasteiger partial charge on any atom is 0.243 e. The van der Waals surface area contributed by atoms with E-state index in [1.165, 1.54) is 30.7 Å². The van der Waals surface area contributed by atoms with Crippen LogP contribution in [0.15, 0.2) is 53.4 Å². The number of nitrogens with zero attached hydrogens (tertiary/aromatic N) is 1. The summed E-state index contributed by atoms with van der Waals surface area (Å²) in [6, 6.07) is 14.5. The lowest BCUT2D eigenvalue weighted by molar-refractivity contribution is -0.126. The first-order chi connectivity index (χ1) is 14.5. The van der Waals surface area contributed by atoms with Crippen LogP contribution < -0.4 is 14.8 Å². The fourth-order valence-electron chi connectivity index (χ4n) is 3.62. The van der Waals surface area contributed by atoms with Gasteiger partial charge in [-0.1, -0.05) is 30.3 Å². The first-order valence-electron chi connectivity index (χ1n) is 9.99. The fraction of sp³-hybridized carbons (Fsp3) is 0.409. The number of rotatable bonds is 8. The van der Waals surface area contributed by atoms with Crippen molar-refractivity contribution in [3.63, 3.8) is 0 Å². The predicted octanol–water partition coefficient (Wildman–Crippen LogP) is 2.46. The summed E-state index contributed by atoms with van der Waals surface area (Å²) >= 11 is 0. The standard InChI is InChI=1S/C22H28N2O5S/c1-28-20-11-10-19(15-21(20)29-2)30(26,27)24-14-6-9-18(16-24)22(25)23-13-12-17-7-4-3-5-8-17/h3-5,7-8,10-11,15,18H,6,9,12-14,16H2,1-2H3,(H,23,25)/t18-/m0/s1. The topological polar surface area (TPSA) is 84.9 Å². The highest BCUT2D eigenvalue weighted by Gasteiger charge is 2.33. The Morgan fingerprint density at radius 2 is 1.83 bits per heavy atom. The maximum atomic E-state index is 13.1. The molecule has 1 heterocycles. The molecule has 0 spiro atoms. The third-order valence-corrected chi connectivity index (χ3v) is 7.16. The minimum absolute atomic E-state index is 0.0989. The molecule has 1 aliphatic rings. The number of hydrogen-bond donors (Lipinski definition) is 1. The monoisotopic (exact) mass is 432 g/mol. The van der Waals surface area contributed by atoms with Crippen molar-refractivity contribution in [2.45, 2.75) is 24.2 Å². The Morgan fingerprint density at radius 3 is 2.53 bits per heavy atom. The van der Waals surface area contributed by atoms with Crippen LogP contribution in [-0.4, -0.2) is 52.5 Å². The van der Waals surface area contributed by atoms with Crippen LogP contribution >= 0.6 is 0 Å². The maximum absolute atomic E-state index is 13.1. The lowest BCUT2D eigenvalue weighted by Gasteiger charge is -2.31. The molecule has 1 aliphatic heterocycles. The Bertz CT molecular complexity index is 963. The molecule has 0 aliphatic carbocycles. The van der Waals surface area contributed by atoms with Gasteiger partial charge in [-0.2, -0.15) is 4.31 Å². The van der Waals surface area contributed by atoms with E-state index in [0.717, 1.165) is 12.0 Å². The first kappa shape index (κ1) is 22.1. The van der Waals surface area contributed by atoms with Crippen LogP contribution in [-0.2, 0) is 21.2 Å². The van der Waals surface area contributed by atoms with Crippen molar-refractivity contribution in [1.82, 2.24) is 9.62 Å². The minimum Gasteiger partial charge on any atom is -0.493 e. The summed E-state index contributed by atoms with van der Waals surface area (Å²) in [5.74, 6) is 0.360. The molecule has 30 heavy (non-hydrogen) atoms. The number of methoxy groups -OCH3 is 2. The second-order valence-electron chi connectivity index (χ2n) is 7.25. The average molecular weight is 433 g/mol. The Morgan fingerprint density at radius 1 is 1.10 bits per heavy atom. The predicted molar refractivity (Wildman–Crippen MR) is 114 cm³/mol. The van der Waals surface area contributed by atoms with Gasteiger partial charge < -0.3 is 14.8 Å². The van der Waals surface area contributed by atoms with Crippen molar-refractivity contribution >= 4 is 15.9 Å². The number of amides is 1. The zero-order valence-electron chi connectivity index (χ0n) is 17.3. The molecule has 0 radical (unpaired) electrons. The molecular weight excluding hydrogens is 404 g/mol. The molecule has 162 valence electrons. The summed E-state index contributed by atoms with van der Waals surface area (Å²) < 4.78 is 38.0. The van der Waals surface area contributed by atoms with Gasteiger partial charge in [0, 0.05) is 25.7 Å². The molecule has 2 aromatic carbocycles. The Hall–Kier alpha value is -2.58. The van der Waals surface area contributed by atoms with Gasteiger partial charge in [-0.3, -0.25) is 4.79 Å². The Balaban J connectivity index is 1.63. The number of nitrogens with one attached hydrogen (secondary N) is 1. The number of carbonyl (C=O) groups is 1. The molecule has 2 aromatic rings.